The first-order valence-corrected chi connectivity index (χ1v) is 10.0. The third kappa shape index (κ3) is 3.66. The van der Waals surface area contributed by atoms with Crippen molar-refractivity contribution in [3.8, 4) is 17.3 Å². The molecule has 11 heteroatoms. The lowest BCUT2D eigenvalue weighted by Gasteiger charge is -2.12. The number of rotatable bonds is 5. The van der Waals surface area contributed by atoms with Crippen LogP contribution in [0.3, 0.4) is 0 Å². The van der Waals surface area contributed by atoms with Crippen molar-refractivity contribution in [2.24, 2.45) is 0 Å². The number of tetrazole rings is 1. The highest BCUT2D eigenvalue weighted by Crippen LogP contribution is 2.26. The van der Waals surface area contributed by atoms with Crippen LogP contribution in [0, 0.1) is 19.7 Å². The minimum absolute atomic E-state index is 0.126. The molecule has 0 saturated carbocycles. The maximum Gasteiger partial charge on any atom is 0.260 e. The molecular weight excluding hydrogens is 409 g/mol. The van der Waals surface area contributed by atoms with E-state index in [1.165, 1.54) is 40.9 Å². The van der Waals surface area contributed by atoms with Gasteiger partial charge >= 0.3 is 0 Å². The molecule has 3 aromatic heterocycles. The Hall–Kier alpha value is -3.60. The second-order valence-corrected chi connectivity index (χ2v) is 7.05. The second-order valence-electron chi connectivity index (χ2n) is 6.25. The summed E-state index contributed by atoms with van der Waals surface area (Å²) in [7, 11) is 0. The summed E-state index contributed by atoms with van der Waals surface area (Å²) in [6.45, 7) is 3.38. The van der Waals surface area contributed by atoms with Crippen molar-refractivity contribution < 1.29 is 13.6 Å². The Morgan fingerprint density at radius 1 is 1.23 bits per heavy atom. The van der Waals surface area contributed by atoms with Gasteiger partial charge in [-0.2, -0.15) is 4.68 Å². The van der Waals surface area contributed by atoms with Crippen LogP contribution in [-0.4, -0.2) is 42.3 Å². The molecule has 0 aliphatic carbocycles. The van der Waals surface area contributed by atoms with Gasteiger partial charge in [0, 0.05) is 5.69 Å². The minimum atomic E-state index is -0.518. The zero-order valence-electron chi connectivity index (χ0n) is 16.3. The van der Waals surface area contributed by atoms with Gasteiger partial charge in [-0.3, -0.25) is 4.79 Å². The molecule has 9 nitrogen and oxygen atoms in total. The highest BCUT2D eigenvalue weighted by molar-refractivity contribution is 7.98. The number of hydrogen-bond donors (Lipinski definition) is 1. The molecule has 4 rings (SSSR count). The quantitative estimate of drug-likeness (QED) is 0.382. The second kappa shape index (κ2) is 8.03. The van der Waals surface area contributed by atoms with Crippen LogP contribution < -0.4 is 5.32 Å². The highest BCUT2D eigenvalue weighted by Gasteiger charge is 2.21. The summed E-state index contributed by atoms with van der Waals surface area (Å²) in [5.74, 6) is 0.404. The molecule has 0 atom stereocenters. The normalized spacial score (nSPS) is 10.9. The summed E-state index contributed by atoms with van der Waals surface area (Å²) in [4.78, 5) is 21.8. The number of nitrogens with zero attached hydrogens (tertiary/aromatic N) is 6. The van der Waals surface area contributed by atoms with E-state index < -0.39 is 11.7 Å². The van der Waals surface area contributed by atoms with Crippen molar-refractivity contribution >= 4 is 23.4 Å². The van der Waals surface area contributed by atoms with Crippen LogP contribution in [0.25, 0.3) is 17.3 Å². The van der Waals surface area contributed by atoms with E-state index >= 15 is 0 Å². The van der Waals surface area contributed by atoms with Gasteiger partial charge in [0.05, 0.1) is 17.5 Å². The van der Waals surface area contributed by atoms with Gasteiger partial charge in [-0.25, -0.2) is 14.4 Å². The SMILES string of the molecule is CSc1nc(-c2ccco2)nc(C)c1C(=O)Nc1ccc(F)c(-n2nnnc2C)c1. The number of aryl methyl sites for hydroxylation is 2. The molecular formula is C19H16FN7O2S. The Balaban J connectivity index is 1.67. The molecule has 1 aromatic carbocycles. The monoisotopic (exact) mass is 425 g/mol. The van der Waals surface area contributed by atoms with Gasteiger partial charge in [0.25, 0.3) is 5.91 Å². The van der Waals surface area contributed by atoms with Crippen molar-refractivity contribution in [2.75, 3.05) is 11.6 Å². The van der Waals surface area contributed by atoms with E-state index in [9.17, 15) is 9.18 Å². The van der Waals surface area contributed by atoms with E-state index in [1.54, 1.807) is 26.0 Å². The molecule has 1 N–H and O–H groups in total. The first kappa shape index (κ1) is 19.7. The fraction of sp³-hybridized carbons (Fsp3) is 0.158. The fourth-order valence-corrected chi connectivity index (χ4v) is 3.49. The third-order valence-corrected chi connectivity index (χ3v) is 4.96. The van der Waals surface area contributed by atoms with Gasteiger partial charge in [0.15, 0.2) is 17.4 Å². The van der Waals surface area contributed by atoms with Crippen molar-refractivity contribution in [1.82, 2.24) is 30.2 Å². The summed E-state index contributed by atoms with van der Waals surface area (Å²) >= 11 is 1.32. The number of hydrogen-bond acceptors (Lipinski definition) is 8. The van der Waals surface area contributed by atoms with Crippen LogP contribution >= 0.6 is 11.8 Å². The van der Waals surface area contributed by atoms with Gasteiger partial charge < -0.3 is 9.73 Å². The number of aromatic nitrogens is 6. The average molecular weight is 425 g/mol. The number of carbonyl (C=O) groups excluding carboxylic acids is 1. The molecule has 3 heterocycles. The topological polar surface area (TPSA) is 112 Å². The molecule has 0 saturated heterocycles. The average Bonchev–Trinajstić information content (AvgIpc) is 3.40. The predicted molar refractivity (Wildman–Crippen MR) is 108 cm³/mol. The summed E-state index contributed by atoms with van der Waals surface area (Å²) in [6.07, 6.45) is 3.35. The predicted octanol–water partition coefficient (Wildman–Crippen LogP) is 3.44. The Morgan fingerprint density at radius 2 is 2.07 bits per heavy atom. The van der Waals surface area contributed by atoms with Crippen LogP contribution in [0.5, 0.6) is 0 Å². The summed E-state index contributed by atoms with van der Waals surface area (Å²) < 4.78 is 20.9. The molecule has 1 amide bonds. The fourth-order valence-electron chi connectivity index (χ4n) is 2.87. The maximum absolute atomic E-state index is 14.3. The molecule has 0 fully saturated rings. The van der Waals surface area contributed by atoms with Crippen LogP contribution in [0.15, 0.2) is 46.0 Å². The molecule has 0 aliphatic heterocycles. The van der Waals surface area contributed by atoms with Crippen molar-refractivity contribution in [1.29, 1.82) is 0 Å². The zero-order valence-corrected chi connectivity index (χ0v) is 17.1. The van der Waals surface area contributed by atoms with Crippen LogP contribution in [0.4, 0.5) is 10.1 Å². The number of thioether (sulfide) groups is 1. The van der Waals surface area contributed by atoms with Crippen LogP contribution in [0.2, 0.25) is 0 Å². The van der Waals surface area contributed by atoms with Gasteiger partial charge in [-0.1, -0.05) is 0 Å². The van der Waals surface area contributed by atoms with Crippen LogP contribution in [-0.2, 0) is 0 Å². The van der Waals surface area contributed by atoms with Crippen molar-refractivity contribution in [3.05, 3.63) is 59.5 Å². The molecule has 0 radical (unpaired) electrons. The van der Waals surface area contributed by atoms with E-state index in [4.69, 9.17) is 4.42 Å². The Bertz CT molecular complexity index is 1220. The minimum Gasteiger partial charge on any atom is -0.461 e. The standard InChI is InChI=1S/C19H16FN7O2S/c1-10-16(19(30-3)23-17(21-10)15-5-4-8-29-15)18(28)22-12-6-7-13(20)14(9-12)27-11(2)24-25-26-27/h4-9H,1-3H3,(H,22,28). The van der Waals surface area contributed by atoms with E-state index in [0.717, 1.165) is 0 Å². The lowest BCUT2D eigenvalue weighted by molar-refractivity contribution is 0.102. The third-order valence-electron chi connectivity index (χ3n) is 4.28. The zero-order chi connectivity index (χ0) is 21.3. The summed E-state index contributed by atoms with van der Waals surface area (Å²) in [6, 6.07) is 7.65. The van der Waals surface area contributed by atoms with Gasteiger partial charge in [0.2, 0.25) is 0 Å². The number of amides is 1. The lowest BCUT2D eigenvalue weighted by atomic mass is 10.2. The molecule has 152 valence electrons. The number of carbonyl (C=O) groups is 1. The Morgan fingerprint density at radius 3 is 2.73 bits per heavy atom. The summed E-state index contributed by atoms with van der Waals surface area (Å²) in [5.41, 5.74) is 1.34. The number of nitrogens with one attached hydrogen (secondary N) is 1. The largest absolute Gasteiger partial charge is 0.461 e. The highest BCUT2D eigenvalue weighted by atomic mass is 32.2. The molecule has 0 unspecified atom stereocenters. The maximum atomic E-state index is 14.3. The van der Waals surface area contributed by atoms with Crippen LogP contribution in [0.1, 0.15) is 21.9 Å². The van der Waals surface area contributed by atoms with Gasteiger partial charge in [-0.05, 0) is 60.9 Å². The number of furan rings is 1. The number of anilines is 1. The molecule has 0 spiro atoms. The summed E-state index contributed by atoms with van der Waals surface area (Å²) in [5, 5.41) is 14.3. The molecule has 4 aromatic rings. The van der Waals surface area contributed by atoms with E-state index in [1.807, 2.05) is 6.26 Å². The van der Waals surface area contributed by atoms with Crippen molar-refractivity contribution in [3.63, 3.8) is 0 Å². The van der Waals surface area contributed by atoms with E-state index in [2.05, 4.69) is 30.8 Å². The van der Waals surface area contributed by atoms with Gasteiger partial charge in [0.1, 0.15) is 16.5 Å². The number of halogens is 1. The Labute approximate surface area is 174 Å². The van der Waals surface area contributed by atoms with Gasteiger partial charge in [-0.15, -0.1) is 16.9 Å². The molecule has 0 bridgehead atoms. The first-order chi connectivity index (χ1) is 14.5. The smallest absolute Gasteiger partial charge is 0.260 e. The van der Waals surface area contributed by atoms with Crippen molar-refractivity contribution in [2.45, 2.75) is 18.9 Å². The van der Waals surface area contributed by atoms with E-state index in [-0.39, 0.29) is 5.69 Å². The molecule has 30 heavy (non-hydrogen) atoms. The van der Waals surface area contributed by atoms with E-state index in [0.29, 0.717) is 39.4 Å². The Kier molecular flexibility index (Phi) is 5.27. The first-order valence-electron chi connectivity index (χ1n) is 8.80. The molecule has 0 aliphatic rings. The number of benzene rings is 1. The lowest BCUT2D eigenvalue weighted by Crippen LogP contribution is -2.17.